The highest BCUT2D eigenvalue weighted by Gasteiger charge is 2.21. The molecule has 0 unspecified atom stereocenters. The first kappa shape index (κ1) is 21.9. The van der Waals surface area contributed by atoms with Crippen molar-refractivity contribution in [2.75, 3.05) is 32.1 Å². The van der Waals surface area contributed by atoms with Crippen molar-refractivity contribution < 1.29 is 4.79 Å². The van der Waals surface area contributed by atoms with Crippen LogP contribution >= 0.6 is 46.9 Å². The number of halogens is 3. The van der Waals surface area contributed by atoms with Crippen LogP contribution in [0.25, 0.3) is 10.2 Å². The number of hydrogen-bond donors (Lipinski definition) is 0. The fraction of sp³-hybridized carbons (Fsp3) is 0.263. The largest absolute Gasteiger partial charge is 0.309 e. The van der Waals surface area contributed by atoms with Crippen molar-refractivity contribution in [1.29, 1.82) is 0 Å². The minimum absolute atomic E-state index is 0. The third-order valence-corrected chi connectivity index (χ3v) is 5.42. The predicted molar refractivity (Wildman–Crippen MR) is 118 cm³/mol. The minimum atomic E-state index is -0.0782. The summed E-state index contributed by atoms with van der Waals surface area (Å²) >= 11 is 13.5. The first-order chi connectivity index (χ1) is 12.4. The lowest BCUT2D eigenvalue weighted by atomic mass is 10.2. The van der Waals surface area contributed by atoms with Gasteiger partial charge in [-0.1, -0.05) is 34.5 Å². The van der Waals surface area contributed by atoms with Crippen molar-refractivity contribution >= 4 is 68.2 Å². The zero-order chi connectivity index (χ0) is 18.7. The fourth-order valence-corrected chi connectivity index (χ4v) is 3.97. The van der Waals surface area contributed by atoms with Crippen LogP contribution in [0.15, 0.2) is 42.5 Å². The van der Waals surface area contributed by atoms with Crippen LogP contribution < -0.4 is 4.90 Å². The molecule has 1 amide bonds. The molecule has 1 aromatic heterocycles. The highest BCUT2D eigenvalue weighted by molar-refractivity contribution is 7.22. The number of fused-ring (bicyclic) bond motifs is 1. The van der Waals surface area contributed by atoms with Gasteiger partial charge in [-0.25, -0.2) is 4.98 Å². The molecule has 1 heterocycles. The van der Waals surface area contributed by atoms with Crippen LogP contribution in [0.3, 0.4) is 0 Å². The Hall–Kier alpha value is -1.37. The Bertz CT molecular complexity index is 912. The van der Waals surface area contributed by atoms with Crippen molar-refractivity contribution in [3.63, 3.8) is 0 Å². The number of amides is 1. The summed E-state index contributed by atoms with van der Waals surface area (Å²) < 4.78 is 0.967. The third-order valence-electron chi connectivity index (χ3n) is 3.89. The van der Waals surface area contributed by atoms with Gasteiger partial charge in [-0.05, 0) is 69.5 Å². The fourth-order valence-electron chi connectivity index (χ4n) is 2.58. The van der Waals surface area contributed by atoms with Gasteiger partial charge in [-0.15, -0.1) is 12.4 Å². The number of nitrogens with zero attached hydrogens (tertiary/aromatic N) is 3. The van der Waals surface area contributed by atoms with E-state index in [1.165, 1.54) is 11.3 Å². The molecule has 8 heteroatoms. The molecular formula is C19H20Cl3N3OS. The molecule has 3 rings (SSSR count). The Morgan fingerprint density at radius 2 is 1.70 bits per heavy atom. The van der Waals surface area contributed by atoms with Crippen molar-refractivity contribution in [2.45, 2.75) is 6.42 Å². The maximum absolute atomic E-state index is 13.1. The number of thiazole rings is 1. The molecule has 0 atom stereocenters. The lowest BCUT2D eigenvalue weighted by molar-refractivity contribution is 0.0986. The van der Waals surface area contributed by atoms with E-state index in [1.54, 1.807) is 29.2 Å². The molecule has 0 aliphatic heterocycles. The molecule has 0 radical (unpaired) electrons. The first-order valence-corrected chi connectivity index (χ1v) is 9.79. The third kappa shape index (κ3) is 5.56. The minimum Gasteiger partial charge on any atom is -0.309 e. The lowest BCUT2D eigenvalue weighted by Crippen LogP contribution is -2.33. The quantitative estimate of drug-likeness (QED) is 0.495. The molecule has 0 spiro atoms. The van der Waals surface area contributed by atoms with Crippen molar-refractivity contribution in [1.82, 2.24) is 9.88 Å². The van der Waals surface area contributed by atoms with Gasteiger partial charge in [0.2, 0.25) is 0 Å². The summed E-state index contributed by atoms with van der Waals surface area (Å²) in [6.45, 7) is 1.48. The van der Waals surface area contributed by atoms with Gasteiger partial charge < -0.3 is 4.90 Å². The highest BCUT2D eigenvalue weighted by atomic mass is 35.5. The van der Waals surface area contributed by atoms with Crippen LogP contribution in [0.5, 0.6) is 0 Å². The van der Waals surface area contributed by atoms with Crippen LogP contribution in [0.2, 0.25) is 10.0 Å². The van der Waals surface area contributed by atoms with Crippen LogP contribution in [-0.2, 0) is 0 Å². The van der Waals surface area contributed by atoms with E-state index in [0.717, 1.165) is 23.2 Å². The zero-order valence-corrected chi connectivity index (χ0v) is 18.1. The molecular weight excluding hydrogens is 425 g/mol. The molecule has 0 N–H and O–H groups in total. The molecule has 4 nitrogen and oxygen atoms in total. The Kier molecular flexibility index (Phi) is 7.89. The molecule has 3 aromatic rings. The molecule has 0 fully saturated rings. The smallest absolute Gasteiger partial charge is 0.260 e. The van der Waals surface area contributed by atoms with Gasteiger partial charge in [0.25, 0.3) is 5.91 Å². The number of carbonyl (C=O) groups is 1. The first-order valence-electron chi connectivity index (χ1n) is 8.22. The number of carbonyl (C=O) groups excluding carboxylic acids is 1. The number of benzene rings is 2. The second kappa shape index (κ2) is 9.71. The monoisotopic (exact) mass is 443 g/mol. The number of hydrogen-bond acceptors (Lipinski definition) is 4. The normalized spacial score (nSPS) is 10.9. The zero-order valence-electron chi connectivity index (χ0n) is 15.0. The topological polar surface area (TPSA) is 36.4 Å². The van der Waals surface area contributed by atoms with Crippen molar-refractivity contribution in [3.8, 4) is 0 Å². The summed E-state index contributed by atoms with van der Waals surface area (Å²) in [5.41, 5.74) is 1.44. The molecule has 2 aromatic carbocycles. The SMILES string of the molecule is CN(C)CCCN(C(=O)c1ccc(Cl)cc1)c1nc2ccc(Cl)cc2s1.Cl. The average molecular weight is 445 g/mol. The molecule has 0 aliphatic carbocycles. The van der Waals surface area contributed by atoms with Crippen LogP contribution in [0.4, 0.5) is 5.13 Å². The van der Waals surface area contributed by atoms with Gasteiger partial charge in [0.15, 0.2) is 5.13 Å². The standard InChI is InChI=1S/C19H19Cl2N3OS.ClH/c1-23(2)10-3-11-24(18(25)13-4-6-14(20)7-5-13)19-22-16-9-8-15(21)12-17(16)26-19;/h4-9,12H,3,10-11H2,1-2H3;1H. The van der Waals surface area contributed by atoms with Gasteiger partial charge in [0, 0.05) is 22.2 Å². The predicted octanol–water partition coefficient (Wildman–Crippen LogP) is 5.62. The van der Waals surface area contributed by atoms with Crippen LogP contribution in [0, 0.1) is 0 Å². The molecule has 0 saturated carbocycles. The number of rotatable bonds is 6. The Balaban J connectivity index is 0.00000261. The summed E-state index contributed by atoms with van der Waals surface area (Å²) in [6, 6.07) is 12.5. The second-order valence-electron chi connectivity index (χ2n) is 6.23. The summed E-state index contributed by atoms with van der Waals surface area (Å²) in [5, 5.41) is 1.95. The van der Waals surface area contributed by atoms with Gasteiger partial charge >= 0.3 is 0 Å². The van der Waals surface area contributed by atoms with E-state index in [-0.39, 0.29) is 18.3 Å². The summed E-state index contributed by atoms with van der Waals surface area (Å²) in [5.74, 6) is -0.0782. The van der Waals surface area contributed by atoms with Crippen LogP contribution in [-0.4, -0.2) is 43.0 Å². The van der Waals surface area contributed by atoms with Crippen molar-refractivity contribution in [2.24, 2.45) is 0 Å². The summed E-state index contributed by atoms with van der Waals surface area (Å²) in [4.78, 5) is 21.6. The van der Waals surface area contributed by atoms with E-state index >= 15 is 0 Å². The van der Waals surface area contributed by atoms with E-state index in [1.807, 2.05) is 32.3 Å². The molecule has 27 heavy (non-hydrogen) atoms. The molecule has 0 bridgehead atoms. The highest BCUT2D eigenvalue weighted by Crippen LogP contribution is 2.31. The van der Waals surface area contributed by atoms with Gasteiger partial charge in [0.05, 0.1) is 10.2 Å². The van der Waals surface area contributed by atoms with Gasteiger partial charge in [-0.3, -0.25) is 9.69 Å². The van der Waals surface area contributed by atoms with Crippen molar-refractivity contribution in [3.05, 3.63) is 58.1 Å². The molecule has 144 valence electrons. The maximum Gasteiger partial charge on any atom is 0.260 e. The summed E-state index contributed by atoms with van der Waals surface area (Å²) in [7, 11) is 4.04. The molecule has 0 aliphatic rings. The van der Waals surface area contributed by atoms with E-state index in [4.69, 9.17) is 23.2 Å². The van der Waals surface area contributed by atoms with Crippen LogP contribution in [0.1, 0.15) is 16.8 Å². The summed E-state index contributed by atoms with van der Waals surface area (Å²) in [6.07, 6.45) is 0.850. The maximum atomic E-state index is 13.1. The Labute approximate surface area is 179 Å². The Morgan fingerprint density at radius 3 is 2.37 bits per heavy atom. The Morgan fingerprint density at radius 1 is 1.04 bits per heavy atom. The van der Waals surface area contributed by atoms with E-state index in [9.17, 15) is 4.79 Å². The van der Waals surface area contributed by atoms with E-state index in [2.05, 4.69) is 9.88 Å². The number of aromatic nitrogens is 1. The van der Waals surface area contributed by atoms with E-state index in [0.29, 0.717) is 27.3 Å². The molecule has 0 saturated heterocycles. The van der Waals surface area contributed by atoms with Gasteiger partial charge in [0.1, 0.15) is 0 Å². The van der Waals surface area contributed by atoms with Gasteiger partial charge in [-0.2, -0.15) is 0 Å². The second-order valence-corrected chi connectivity index (χ2v) is 8.11. The number of anilines is 1. The average Bonchev–Trinajstić information content (AvgIpc) is 3.01. The van der Waals surface area contributed by atoms with E-state index < -0.39 is 0 Å². The lowest BCUT2D eigenvalue weighted by Gasteiger charge is -2.21.